The molecule has 0 bridgehead atoms. The average Bonchev–Trinajstić information content (AvgIpc) is 2.91. The molecular weight excluding hydrogens is 280 g/mol. The molecule has 106 valence electrons. The second-order valence-electron chi connectivity index (χ2n) is 5.74. The van der Waals surface area contributed by atoms with Crippen LogP contribution in [0, 0.1) is 11.8 Å². The molecule has 3 rings (SSSR count). The van der Waals surface area contributed by atoms with Crippen LogP contribution in [-0.4, -0.2) is 37.5 Å². The van der Waals surface area contributed by atoms with Crippen LogP contribution in [0.4, 0.5) is 0 Å². The zero-order valence-corrected chi connectivity index (χ0v) is 12.5. The van der Waals surface area contributed by atoms with Gasteiger partial charge in [0.15, 0.2) is 9.84 Å². The summed E-state index contributed by atoms with van der Waals surface area (Å²) in [5.41, 5.74) is 0. The van der Waals surface area contributed by atoms with Crippen molar-refractivity contribution in [2.45, 2.75) is 31.7 Å². The normalized spacial score (nSPS) is 27.5. The molecule has 2 atom stereocenters. The van der Waals surface area contributed by atoms with E-state index in [-0.39, 0.29) is 0 Å². The van der Waals surface area contributed by atoms with E-state index in [0.29, 0.717) is 29.4 Å². The van der Waals surface area contributed by atoms with Crippen LogP contribution >= 0.6 is 11.3 Å². The second-order valence-corrected chi connectivity index (χ2v) is 8.94. The summed E-state index contributed by atoms with van der Waals surface area (Å²) in [6, 6.07) is 0.678. The van der Waals surface area contributed by atoms with Crippen LogP contribution in [-0.2, 0) is 16.3 Å². The summed E-state index contributed by atoms with van der Waals surface area (Å²) in [7, 11) is -2.79. The van der Waals surface area contributed by atoms with Crippen LogP contribution < -0.4 is 5.32 Å². The minimum absolute atomic E-state index is 0.306. The summed E-state index contributed by atoms with van der Waals surface area (Å²) in [5.74, 6) is 1.45. The minimum Gasteiger partial charge on any atom is -0.314 e. The lowest BCUT2D eigenvalue weighted by atomic mass is 9.89. The van der Waals surface area contributed by atoms with Crippen molar-refractivity contribution in [1.82, 2.24) is 10.3 Å². The van der Waals surface area contributed by atoms with Crippen LogP contribution in [0.3, 0.4) is 0 Å². The molecule has 2 fully saturated rings. The quantitative estimate of drug-likeness (QED) is 0.865. The predicted octanol–water partition coefficient (Wildman–Crippen LogP) is 1.49. The standard InChI is InChI=1S/C13H20N2O2S2/c16-19(17)6-3-10(9-19)11(8-15-12-1-2-12)7-13-14-4-5-18-13/h4-5,10-12,15H,1-3,6-9H2. The fourth-order valence-electron chi connectivity index (χ4n) is 2.78. The van der Waals surface area contributed by atoms with Gasteiger partial charge in [0.25, 0.3) is 0 Å². The SMILES string of the molecule is O=S1(=O)CCC(C(CNC2CC2)Cc2nccs2)C1. The first-order chi connectivity index (χ1) is 9.12. The fourth-order valence-corrected chi connectivity index (χ4v) is 5.42. The van der Waals surface area contributed by atoms with Gasteiger partial charge >= 0.3 is 0 Å². The smallest absolute Gasteiger partial charge is 0.150 e. The first kappa shape index (κ1) is 13.5. The van der Waals surface area contributed by atoms with E-state index in [4.69, 9.17) is 0 Å². The van der Waals surface area contributed by atoms with E-state index < -0.39 is 9.84 Å². The van der Waals surface area contributed by atoms with Crippen molar-refractivity contribution in [3.63, 3.8) is 0 Å². The Morgan fingerprint density at radius 1 is 1.42 bits per heavy atom. The molecule has 0 spiro atoms. The first-order valence-corrected chi connectivity index (χ1v) is 9.65. The minimum atomic E-state index is -2.79. The van der Waals surface area contributed by atoms with E-state index in [2.05, 4.69) is 10.3 Å². The molecule has 1 aliphatic carbocycles. The molecular formula is C13H20N2O2S2. The van der Waals surface area contributed by atoms with Crippen molar-refractivity contribution in [3.8, 4) is 0 Å². The summed E-state index contributed by atoms with van der Waals surface area (Å²) in [6.45, 7) is 0.935. The lowest BCUT2D eigenvalue weighted by Crippen LogP contribution is -2.31. The number of nitrogens with one attached hydrogen (secondary N) is 1. The van der Waals surface area contributed by atoms with Gasteiger partial charge in [0.2, 0.25) is 0 Å². The van der Waals surface area contributed by atoms with Gasteiger partial charge in [-0.3, -0.25) is 0 Å². The van der Waals surface area contributed by atoms with E-state index >= 15 is 0 Å². The summed E-state index contributed by atoms with van der Waals surface area (Å²) >= 11 is 1.67. The molecule has 1 aliphatic heterocycles. The molecule has 2 heterocycles. The Bertz CT molecular complexity index is 509. The number of thiazole rings is 1. The predicted molar refractivity (Wildman–Crippen MR) is 77.1 cm³/mol. The van der Waals surface area contributed by atoms with Gasteiger partial charge in [0, 0.05) is 24.0 Å². The van der Waals surface area contributed by atoms with Gasteiger partial charge in [-0.1, -0.05) is 0 Å². The molecule has 1 aromatic heterocycles. The number of hydrogen-bond donors (Lipinski definition) is 1. The number of nitrogens with zero attached hydrogens (tertiary/aromatic N) is 1. The van der Waals surface area contributed by atoms with Crippen molar-refractivity contribution < 1.29 is 8.42 Å². The van der Waals surface area contributed by atoms with Crippen LogP contribution in [0.2, 0.25) is 0 Å². The lowest BCUT2D eigenvalue weighted by Gasteiger charge is -2.22. The van der Waals surface area contributed by atoms with E-state index in [9.17, 15) is 8.42 Å². The second kappa shape index (κ2) is 5.50. The van der Waals surface area contributed by atoms with Gasteiger partial charge in [0.1, 0.15) is 0 Å². The zero-order valence-electron chi connectivity index (χ0n) is 10.9. The van der Waals surface area contributed by atoms with E-state index in [1.165, 1.54) is 12.8 Å². The maximum absolute atomic E-state index is 11.7. The third-order valence-corrected chi connectivity index (χ3v) is 6.70. The summed E-state index contributed by atoms with van der Waals surface area (Å²) < 4.78 is 23.3. The Kier molecular flexibility index (Phi) is 3.91. The highest BCUT2D eigenvalue weighted by molar-refractivity contribution is 7.91. The molecule has 2 aliphatic rings. The van der Waals surface area contributed by atoms with E-state index in [1.54, 1.807) is 11.3 Å². The Hall–Kier alpha value is -0.460. The molecule has 2 unspecified atom stereocenters. The molecule has 1 aromatic rings. The van der Waals surface area contributed by atoms with Crippen molar-refractivity contribution in [1.29, 1.82) is 0 Å². The Balaban J connectivity index is 1.64. The lowest BCUT2D eigenvalue weighted by molar-refractivity contribution is 0.342. The molecule has 0 radical (unpaired) electrons. The Morgan fingerprint density at radius 2 is 2.26 bits per heavy atom. The third kappa shape index (κ3) is 3.77. The molecule has 0 amide bonds. The largest absolute Gasteiger partial charge is 0.314 e. The van der Waals surface area contributed by atoms with Gasteiger partial charge < -0.3 is 5.32 Å². The van der Waals surface area contributed by atoms with Crippen molar-refractivity contribution >= 4 is 21.2 Å². The summed E-state index contributed by atoms with van der Waals surface area (Å²) in [4.78, 5) is 4.35. The molecule has 4 nitrogen and oxygen atoms in total. The highest BCUT2D eigenvalue weighted by Crippen LogP contribution is 2.30. The van der Waals surface area contributed by atoms with Gasteiger partial charge in [-0.05, 0) is 37.6 Å². The van der Waals surface area contributed by atoms with Crippen LogP contribution in [0.1, 0.15) is 24.3 Å². The number of aromatic nitrogens is 1. The average molecular weight is 300 g/mol. The zero-order chi connectivity index (χ0) is 13.3. The number of hydrogen-bond acceptors (Lipinski definition) is 5. The Labute approximate surface area is 118 Å². The highest BCUT2D eigenvalue weighted by Gasteiger charge is 2.34. The molecule has 6 heteroatoms. The number of rotatable bonds is 6. The Morgan fingerprint density at radius 3 is 2.84 bits per heavy atom. The third-order valence-electron chi connectivity index (χ3n) is 4.10. The summed E-state index contributed by atoms with van der Waals surface area (Å²) in [5, 5.41) is 6.68. The van der Waals surface area contributed by atoms with Crippen LogP contribution in [0.15, 0.2) is 11.6 Å². The highest BCUT2D eigenvalue weighted by atomic mass is 32.2. The van der Waals surface area contributed by atoms with Gasteiger partial charge in [-0.2, -0.15) is 0 Å². The van der Waals surface area contributed by atoms with Crippen molar-refractivity contribution in [3.05, 3.63) is 16.6 Å². The maximum atomic E-state index is 11.7. The van der Waals surface area contributed by atoms with Gasteiger partial charge in [-0.25, -0.2) is 13.4 Å². The maximum Gasteiger partial charge on any atom is 0.150 e. The van der Waals surface area contributed by atoms with Gasteiger partial charge in [0.05, 0.1) is 16.5 Å². The topological polar surface area (TPSA) is 59.1 Å². The van der Waals surface area contributed by atoms with E-state index in [1.807, 2.05) is 11.6 Å². The fraction of sp³-hybridized carbons (Fsp3) is 0.769. The molecule has 1 saturated heterocycles. The monoisotopic (exact) mass is 300 g/mol. The van der Waals surface area contributed by atoms with Crippen LogP contribution in [0.5, 0.6) is 0 Å². The molecule has 19 heavy (non-hydrogen) atoms. The van der Waals surface area contributed by atoms with Crippen LogP contribution in [0.25, 0.3) is 0 Å². The van der Waals surface area contributed by atoms with E-state index in [0.717, 1.165) is 24.4 Å². The van der Waals surface area contributed by atoms with Crippen molar-refractivity contribution in [2.24, 2.45) is 11.8 Å². The number of sulfone groups is 1. The molecule has 1 saturated carbocycles. The first-order valence-electron chi connectivity index (χ1n) is 6.94. The molecule has 0 aromatic carbocycles. The van der Waals surface area contributed by atoms with Gasteiger partial charge in [-0.15, -0.1) is 11.3 Å². The van der Waals surface area contributed by atoms with Crippen molar-refractivity contribution in [2.75, 3.05) is 18.1 Å². The summed E-state index contributed by atoms with van der Waals surface area (Å²) in [6.07, 6.45) is 6.11. The molecule has 1 N–H and O–H groups in total.